The maximum atomic E-state index is 12.6. The van der Waals surface area contributed by atoms with Crippen LogP contribution in [0, 0.1) is 0 Å². The third-order valence-corrected chi connectivity index (χ3v) is 2.68. The Hall–Kier alpha value is -1.50. The van der Waals surface area contributed by atoms with E-state index in [2.05, 4.69) is 15.6 Å². The topological polar surface area (TPSA) is 46.2 Å². The molecule has 0 saturated carbocycles. The first-order valence-corrected chi connectivity index (χ1v) is 5.63. The summed E-state index contributed by atoms with van der Waals surface area (Å²) in [6, 6.07) is 2.42. The van der Waals surface area contributed by atoms with Crippen LogP contribution in [-0.2, 0) is 6.18 Å². The molecule has 2 N–H and O–H groups in total. The van der Waals surface area contributed by atoms with E-state index in [0.29, 0.717) is 12.2 Å². The lowest BCUT2D eigenvalue weighted by molar-refractivity contribution is -0.141. The van der Waals surface area contributed by atoms with Crippen molar-refractivity contribution in [2.45, 2.75) is 18.7 Å². The molecule has 0 amide bonds. The standard InChI is InChI=1S/C11H14F3N3O/c1-15-7-4-9(11(12,13)14)17-10(5-7)18-8-2-3-16-6-8/h4-5,8,16H,2-3,6H2,1H3,(H,15,17). The van der Waals surface area contributed by atoms with E-state index in [1.54, 1.807) is 7.05 Å². The highest BCUT2D eigenvalue weighted by molar-refractivity contribution is 5.47. The smallest absolute Gasteiger partial charge is 0.433 e. The van der Waals surface area contributed by atoms with Crippen molar-refractivity contribution >= 4 is 5.69 Å². The predicted octanol–water partition coefficient (Wildman–Crippen LogP) is 1.88. The summed E-state index contributed by atoms with van der Waals surface area (Å²) < 4.78 is 43.4. The van der Waals surface area contributed by atoms with Crippen LogP contribution in [0.4, 0.5) is 18.9 Å². The Balaban J connectivity index is 2.23. The molecule has 4 nitrogen and oxygen atoms in total. The molecule has 0 bridgehead atoms. The SMILES string of the molecule is CNc1cc(OC2CCNC2)nc(C(F)(F)F)c1. The van der Waals surface area contributed by atoms with E-state index in [4.69, 9.17) is 4.74 Å². The Labute approximate surface area is 103 Å². The van der Waals surface area contributed by atoms with Crippen LogP contribution < -0.4 is 15.4 Å². The predicted molar refractivity (Wildman–Crippen MR) is 60.7 cm³/mol. The van der Waals surface area contributed by atoms with Crippen LogP contribution in [0.3, 0.4) is 0 Å². The van der Waals surface area contributed by atoms with Crippen molar-refractivity contribution in [3.05, 3.63) is 17.8 Å². The number of ether oxygens (including phenoxy) is 1. The van der Waals surface area contributed by atoms with Crippen LogP contribution >= 0.6 is 0 Å². The molecule has 1 aliphatic rings. The molecule has 2 rings (SSSR count). The fraction of sp³-hybridized carbons (Fsp3) is 0.545. The van der Waals surface area contributed by atoms with Crippen molar-refractivity contribution in [1.29, 1.82) is 0 Å². The van der Waals surface area contributed by atoms with Crippen LogP contribution in [0.2, 0.25) is 0 Å². The fourth-order valence-corrected chi connectivity index (χ4v) is 1.75. The molecule has 0 spiro atoms. The van der Waals surface area contributed by atoms with Crippen molar-refractivity contribution in [3.8, 4) is 5.88 Å². The molecule has 0 radical (unpaired) electrons. The summed E-state index contributed by atoms with van der Waals surface area (Å²) in [4.78, 5) is 3.50. The zero-order valence-corrected chi connectivity index (χ0v) is 9.84. The van der Waals surface area contributed by atoms with Gasteiger partial charge in [0.2, 0.25) is 5.88 Å². The van der Waals surface area contributed by atoms with Gasteiger partial charge in [0, 0.05) is 25.3 Å². The van der Waals surface area contributed by atoms with Gasteiger partial charge in [0.05, 0.1) is 0 Å². The van der Waals surface area contributed by atoms with Crippen molar-refractivity contribution in [2.75, 3.05) is 25.5 Å². The number of pyridine rings is 1. The van der Waals surface area contributed by atoms with Gasteiger partial charge in [0.1, 0.15) is 6.10 Å². The van der Waals surface area contributed by atoms with Gasteiger partial charge in [-0.2, -0.15) is 13.2 Å². The third-order valence-electron chi connectivity index (χ3n) is 2.68. The molecule has 100 valence electrons. The monoisotopic (exact) mass is 261 g/mol. The van der Waals surface area contributed by atoms with Gasteiger partial charge in [-0.15, -0.1) is 0 Å². The highest BCUT2D eigenvalue weighted by atomic mass is 19.4. The van der Waals surface area contributed by atoms with Gasteiger partial charge in [0.25, 0.3) is 0 Å². The summed E-state index contributed by atoms with van der Waals surface area (Å²) in [6.45, 7) is 1.44. The number of anilines is 1. The molecule has 1 atom stereocenters. The van der Waals surface area contributed by atoms with Crippen molar-refractivity contribution in [3.63, 3.8) is 0 Å². The number of nitrogens with zero attached hydrogens (tertiary/aromatic N) is 1. The molecule has 18 heavy (non-hydrogen) atoms. The summed E-state index contributed by atoms with van der Waals surface area (Å²) in [7, 11) is 1.55. The van der Waals surface area contributed by atoms with E-state index in [1.165, 1.54) is 6.07 Å². The zero-order valence-electron chi connectivity index (χ0n) is 9.84. The van der Waals surface area contributed by atoms with Gasteiger partial charge in [-0.1, -0.05) is 0 Å². The average Bonchev–Trinajstić information content (AvgIpc) is 2.80. The van der Waals surface area contributed by atoms with Crippen LogP contribution in [0.1, 0.15) is 12.1 Å². The molecular formula is C11H14F3N3O. The second-order valence-electron chi connectivity index (χ2n) is 4.06. The zero-order chi connectivity index (χ0) is 13.2. The Morgan fingerprint density at radius 1 is 1.44 bits per heavy atom. The maximum absolute atomic E-state index is 12.6. The molecule has 2 heterocycles. The first-order valence-electron chi connectivity index (χ1n) is 5.63. The molecule has 1 aromatic rings. The largest absolute Gasteiger partial charge is 0.473 e. The van der Waals surface area contributed by atoms with Crippen molar-refractivity contribution in [1.82, 2.24) is 10.3 Å². The summed E-state index contributed by atoms with van der Waals surface area (Å²) in [6.07, 6.45) is -3.82. The fourth-order valence-electron chi connectivity index (χ4n) is 1.75. The lowest BCUT2D eigenvalue weighted by Gasteiger charge is -2.15. The minimum atomic E-state index is -4.47. The lowest BCUT2D eigenvalue weighted by Crippen LogP contribution is -2.21. The molecule has 0 aromatic carbocycles. The van der Waals surface area contributed by atoms with E-state index >= 15 is 0 Å². The van der Waals surface area contributed by atoms with Crippen molar-refractivity contribution in [2.24, 2.45) is 0 Å². The number of aromatic nitrogens is 1. The van der Waals surface area contributed by atoms with E-state index < -0.39 is 11.9 Å². The van der Waals surface area contributed by atoms with E-state index in [1.807, 2.05) is 0 Å². The Morgan fingerprint density at radius 2 is 2.22 bits per heavy atom. The van der Waals surface area contributed by atoms with Gasteiger partial charge in [0.15, 0.2) is 5.69 Å². The summed E-state index contributed by atoms with van der Waals surface area (Å²) >= 11 is 0. The highest BCUT2D eigenvalue weighted by Gasteiger charge is 2.33. The summed E-state index contributed by atoms with van der Waals surface area (Å²) in [5, 5.41) is 5.74. The first-order chi connectivity index (χ1) is 8.49. The highest BCUT2D eigenvalue weighted by Crippen LogP contribution is 2.31. The molecule has 7 heteroatoms. The lowest BCUT2D eigenvalue weighted by atomic mass is 10.3. The number of halogens is 3. The molecule has 1 fully saturated rings. The average molecular weight is 261 g/mol. The van der Waals surface area contributed by atoms with Crippen LogP contribution in [0.5, 0.6) is 5.88 Å². The van der Waals surface area contributed by atoms with Crippen LogP contribution in [0.15, 0.2) is 12.1 Å². The minimum Gasteiger partial charge on any atom is -0.473 e. The maximum Gasteiger partial charge on any atom is 0.433 e. The van der Waals surface area contributed by atoms with E-state index in [0.717, 1.165) is 19.0 Å². The van der Waals surface area contributed by atoms with E-state index in [-0.39, 0.29) is 12.0 Å². The van der Waals surface area contributed by atoms with Crippen LogP contribution in [-0.4, -0.2) is 31.2 Å². The molecule has 1 unspecified atom stereocenters. The molecular weight excluding hydrogens is 247 g/mol. The van der Waals surface area contributed by atoms with Crippen molar-refractivity contribution < 1.29 is 17.9 Å². The second kappa shape index (κ2) is 5.01. The van der Waals surface area contributed by atoms with Gasteiger partial charge < -0.3 is 15.4 Å². The number of nitrogens with one attached hydrogen (secondary N) is 2. The first kappa shape index (κ1) is 12.9. The quantitative estimate of drug-likeness (QED) is 0.872. The summed E-state index contributed by atoms with van der Waals surface area (Å²) in [5.74, 6) is 0.00266. The third kappa shape index (κ3) is 3.04. The normalized spacial score (nSPS) is 19.9. The Kier molecular flexibility index (Phi) is 3.60. The van der Waals surface area contributed by atoms with Gasteiger partial charge in [-0.05, 0) is 19.0 Å². The van der Waals surface area contributed by atoms with Gasteiger partial charge in [-0.3, -0.25) is 0 Å². The molecule has 1 aromatic heterocycles. The number of alkyl halides is 3. The summed E-state index contributed by atoms with van der Waals surface area (Å²) in [5.41, 5.74) is -0.617. The number of hydrogen-bond acceptors (Lipinski definition) is 4. The Morgan fingerprint density at radius 3 is 2.78 bits per heavy atom. The molecule has 1 aliphatic heterocycles. The number of rotatable bonds is 3. The minimum absolute atomic E-state index is 0.00266. The second-order valence-corrected chi connectivity index (χ2v) is 4.06. The number of hydrogen-bond donors (Lipinski definition) is 2. The van der Waals surface area contributed by atoms with E-state index in [9.17, 15) is 13.2 Å². The Bertz CT molecular complexity index is 416. The van der Waals surface area contributed by atoms with Crippen LogP contribution in [0.25, 0.3) is 0 Å². The molecule has 0 aliphatic carbocycles. The molecule has 1 saturated heterocycles. The van der Waals surface area contributed by atoms with Gasteiger partial charge >= 0.3 is 6.18 Å². The van der Waals surface area contributed by atoms with Gasteiger partial charge in [-0.25, -0.2) is 4.98 Å².